The lowest BCUT2D eigenvalue weighted by Crippen LogP contribution is -2.55. The Hall–Kier alpha value is -1.41. The summed E-state index contributed by atoms with van der Waals surface area (Å²) in [6, 6.07) is 8.38. The van der Waals surface area contributed by atoms with E-state index in [-0.39, 0.29) is 0 Å². The van der Waals surface area contributed by atoms with Crippen LogP contribution in [0.1, 0.15) is 37.7 Å². The topological polar surface area (TPSA) is 33.1 Å². The fourth-order valence-corrected chi connectivity index (χ4v) is 5.78. The van der Waals surface area contributed by atoms with E-state index in [0.29, 0.717) is 11.8 Å². The first-order chi connectivity index (χ1) is 10.2. The number of rotatable bonds is 1. The van der Waals surface area contributed by atoms with Crippen molar-refractivity contribution in [1.82, 2.24) is 4.98 Å². The van der Waals surface area contributed by atoms with Gasteiger partial charge in [0.2, 0.25) is 0 Å². The minimum atomic E-state index is -0.638. The molecule has 108 valence electrons. The van der Waals surface area contributed by atoms with E-state index in [1.165, 1.54) is 37.5 Å². The molecule has 1 heterocycles. The molecular weight excluding hydrogens is 258 g/mol. The molecule has 2 nitrogen and oxygen atoms in total. The molecule has 1 N–H and O–H groups in total. The quantitative estimate of drug-likeness (QED) is 0.859. The lowest BCUT2D eigenvalue weighted by atomic mass is 9.48. The number of aliphatic hydroxyl groups is 1. The van der Waals surface area contributed by atoms with Crippen molar-refractivity contribution in [2.24, 2.45) is 23.7 Å². The summed E-state index contributed by atoms with van der Waals surface area (Å²) in [6.45, 7) is 0. The van der Waals surface area contributed by atoms with Gasteiger partial charge in [-0.15, -0.1) is 0 Å². The maximum absolute atomic E-state index is 11.7. The number of pyridine rings is 1. The SMILES string of the molecule is OC1(c2cncc3ccccc23)C2CC3CC(C2)CC1C3. The van der Waals surface area contributed by atoms with Crippen LogP contribution >= 0.6 is 0 Å². The smallest absolute Gasteiger partial charge is 0.0973 e. The van der Waals surface area contributed by atoms with Gasteiger partial charge in [-0.2, -0.15) is 0 Å². The van der Waals surface area contributed by atoms with Crippen LogP contribution < -0.4 is 0 Å². The maximum Gasteiger partial charge on any atom is 0.0973 e. The monoisotopic (exact) mass is 279 g/mol. The van der Waals surface area contributed by atoms with Crippen molar-refractivity contribution in [3.8, 4) is 0 Å². The molecule has 4 aliphatic rings. The predicted octanol–water partition coefficient (Wildman–Crippen LogP) is 3.88. The predicted molar refractivity (Wildman–Crippen MR) is 82.7 cm³/mol. The maximum atomic E-state index is 11.7. The fraction of sp³-hybridized carbons (Fsp3) is 0.526. The van der Waals surface area contributed by atoms with Crippen molar-refractivity contribution in [3.63, 3.8) is 0 Å². The van der Waals surface area contributed by atoms with E-state index < -0.39 is 5.60 Å². The Balaban J connectivity index is 1.71. The summed E-state index contributed by atoms with van der Waals surface area (Å²) in [6.07, 6.45) is 10.1. The highest BCUT2D eigenvalue weighted by atomic mass is 16.3. The molecule has 4 aliphatic carbocycles. The zero-order valence-corrected chi connectivity index (χ0v) is 12.2. The number of fused-ring (bicyclic) bond motifs is 1. The number of hydrogen-bond donors (Lipinski definition) is 1. The van der Waals surface area contributed by atoms with E-state index >= 15 is 0 Å². The van der Waals surface area contributed by atoms with Gasteiger partial charge >= 0.3 is 0 Å². The number of aromatic nitrogens is 1. The zero-order chi connectivity index (χ0) is 14.0. The van der Waals surface area contributed by atoms with Crippen LogP contribution in [0, 0.1) is 23.7 Å². The molecule has 4 bridgehead atoms. The first-order valence-corrected chi connectivity index (χ1v) is 8.30. The van der Waals surface area contributed by atoms with Gasteiger partial charge in [0.1, 0.15) is 0 Å². The van der Waals surface area contributed by atoms with Gasteiger partial charge in [-0.25, -0.2) is 0 Å². The standard InChI is InChI=1S/C19H21NO/c21-19(15-6-12-5-13(8-15)9-16(19)7-12)18-11-20-10-14-3-1-2-4-17(14)18/h1-4,10-13,15-16,21H,5-9H2. The Bertz CT molecular complexity index is 674. The summed E-state index contributed by atoms with van der Waals surface area (Å²) in [5, 5.41) is 14.1. The van der Waals surface area contributed by atoms with Gasteiger partial charge in [-0.05, 0) is 61.2 Å². The molecule has 0 radical (unpaired) electrons. The zero-order valence-electron chi connectivity index (χ0n) is 12.2. The number of benzene rings is 1. The van der Waals surface area contributed by atoms with Crippen LogP contribution in [-0.4, -0.2) is 10.1 Å². The summed E-state index contributed by atoms with van der Waals surface area (Å²) in [5.74, 6) is 2.63. The van der Waals surface area contributed by atoms with Crippen LogP contribution in [0.15, 0.2) is 36.7 Å². The molecule has 0 aliphatic heterocycles. The van der Waals surface area contributed by atoms with Crippen molar-refractivity contribution in [1.29, 1.82) is 0 Å². The van der Waals surface area contributed by atoms with E-state index in [4.69, 9.17) is 0 Å². The Labute approximate surface area is 125 Å². The second-order valence-corrected chi connectivity index (χ2v) is 7.54. The van der Waals surface area contributed by atoms with Crippen LogP contribution in [0.5, 0.6) is 0 Å². The van der Waals surface area contributed by atoms with Crippen LogP contribution in [0.2, 0.25) is 0 Å². The molecular formula is C19H21NO. The van der Waals surface area contributed by atoms with Crippen molar-refractivity contribution in [3.05, 3.63) is 42.2 Å². The third-order valence-corrected chi connectivity index (χ3v) is 6.48. The van der Waals surface area contributed by atoms with Gasteiger partial charge in [0.05, 0.1) is 5.60 Å². The molecule has 2 heteroatoms. The Morgan fingerprint density at radius 1 is 0.905 bits per heavy atom. The van der Waals surface area contributed by atoms with E-state index in [0.717, 1.165) is 22.8 Å². The van der Waals surface area contributed by atoms with Crippen LogP contribution in [0.3, 0.4) is 0 Å². The molecule has 0 spiro atoms. The van der Waals surface area contributed by atoms with Crippen LogP contribution in [0.4, 0.5) is 0 Å². The van der Waals surface area contributed by atoms with Crippen molar-refractivity contribution in [2.45, 2.75) is 37.7 Å². The fourth-order valence-electron chi connectivity index (χ4n) is 5.78. The highest BCUT2D eigenvalue weighted by Gasteiger charge is 2.57. The lowest BCUT2D eigenvalue weighted by Gasteiger charge is -2.59. The third kappa shape index (κ3) is 1.54. The Morgan fingerprint density at radius 2 is 1.57 bits per heavy atom. The lowest BCUT2D eigenvalue weighted by molar-refractivity contribution is -0.178. The van der Waals surface area contributed by atoms with E-state index in [1.54, 1.807) is 0 Å². The Kier molecular flexibility index (Phi) is 2.36. The summed E-state index contributed by atoms with van der Waals surface area (Å²) in [7, 11) is 0. The average molecular weight is 279 g/mol. The van der Waals surface area contributed by atoms with Crippen LogP contribution in [-0.2, 0) is 5.60 Å². The second kappa shape index (κ2) is 4.07. The van der Waals surface area contributed by atoms with Crippen molar-refractivity contribution >= 4 is 10.8 Å². The molecule has 6 rings (SSSR count). The molecule has 0 amide bonds. The molecule has 1 aromatic carbocycles. The molecule has 2 aromatic rings. The van der Waals surface area contributed by atoms with Gasteiger partial charge in [-0.1, -0.05) is 24.3 Å². The molecule has 1 aromatic heterocycles. The molecule has 21 heavy (non-hydrogen) atoms. The summed E-state index contributed by atoms with van der Waals surface area (Å²) < 4.78 is 0. The highest BCUT2D eigenvalue weighted by Crippen LogP contribution is 2.62. The summed E-state index contributed by atoms with van der Waals surface area (Å²) in [5.41, 5.74) is 0.454. The number of hydrogen-bond acceptors (Lipinski definition) is 2. The normalized spacial score (nSPS) is 40.8. The molecule has 0 saturated heterocycles. The summed E-state index contributed by atoms with van der Waals surface area (Å²) >= 11 is 0. The largest absolute Gasteiger partial charge is 0.385 e. The third-order valence-electron chi connectivity index (χ3n) is 6.48. The minimum absolute atomic E-state index is 0.446. The van der Waals surface area contributed by atoms with Gasteiger partial charge < -0.3 is 5.11 Å². The van der Waals surface area contributed by atoms with Gasteiger partial charge in [0.15, 0.2) is 0 Å². The van der Waals surface area contributed by atoms with Gasteiger partial charge in [0, 0.05) is 23.3 Å². The molecule has 0 atom stereocenters. The van der Waals surface area contributed by atoms with Crippen molar-refractivity contribution in [2.75, 3.05) is 0 Å². The van der Waals surface area contributed by atoms with Gasteiger partial charge in [-0.3, -0.25) is 4.98 Å². The number of nitrogens with zero attached hydrogens (tertiary/aromatic N) is 1. The minimum Gasteiger partial charge on any atom is -0.385 e. The second-order valence-electron chi connectivity index (χ2n) is 7.54. The van der Waals surface area contributed by atoms with E-state index in [2.05, 4.69) is 29.2 Å². The molecule has 4 fully saturated rings. The molecule has 0 unspecified atom stereocenters. The highest BCUT2D eigenvalue weighted by molar-refractivity contribution is 5.85. The summed E-state index contributed by atoms with van der Waals surface area (Å²) in [4.78, 5) is 4.43. The van der Waals surface area contributed by atoms with E-state index in [1.807, 2.05) is 12.4 Å². The first kappa shape index (κ1) is 12.2. The van der Waals surface area contributed by atoms with Crippen molar-refractivity contribution < 1.29 is 5.11 Å². The van der Waals surface area contributed by atoms with Gasteiger partial charge in [0.25, 0.3) is 0 Å². The van der Waals surface area contributed by atoms with E-state index in [9.17, 15) is 5.11 Å². The molecule has 4 saturated carbocycles. The average Bonchev–Trinajstić information content (AvgIpc) is 2.51. The Morgan fingerprint density at radius 3 is 2.29 bits per heavy atom. The van der Waals surface area contributed by atoms with Crippen LogP contribution in [0.25, 0.3) is 10.8 Å². The first-order valence-electron chi connectivity index (χ1n) is 8.30.